The van der Waals surface area contributed by atoms with Crippen molar-refractivity contribution in [2.45, 2.75) is 44.2 Å². The minimum atomic E-state index is -0.181. The standard InChI is InChI=1S/C20H27N3O2/c24-16-9-14(10-16)20(13-5-7-21-8-6-13)23-19(25)11-15-12-22-18-4-2-1-3-17(15)18/h1-4,12-14,16,20-22,24H,5-11H2,(H,23,25). The highest BCUT2D eigenvalue weighted by molar-refractivity contribution is 5.88. The molecule has 1 atom stereocenters. The Morgan fingerprint density at radius 3 is 2.72 bits per heavy atom. The predicted molar refractivity (Wildman–Crippen MR) is 98.3 cm³/mol. The van der Waals surface area contributed by atoms with Gasteiger partial charge in [0.15, 0.2) is 0 Å². The van der Waals surface area contributed by atoms with E-state index in [-0.39, 0.29) is 18.1 Å². The minimum Gasteiger partial charge on any atom is -0.393 e. The molecule has 1 saturated heterocycles. The maximum atomic E-state index is 12.7. The summed E-state index contributed by atoms with van der Waals surface area (Å²) in [6.07, 6.45) is 6.01. The second-order valence-corrected chi connectivity index (χ2v) is 7.60. The Kier molecular flexibility index (Phi) is 4.77. The van der Waals surface area contributed by atoms with Crippen molar-refractivity contribution in [1.29, 1.82) is 0 Å². The fourth-order valence-electron chi connectivity index (χ4n) is 4.43. The van der Waals surface area contributed by atoms with Crippen molar-refractivity contribution in [3.63, 3.8) is 0 Å². The van der Waals surface area contributed by atoms with Gasteiger partial charge in [-0.3, -0.25) is 4.79 Å². The van der Waals surface area contributed by atoms with Crippen LogP contribution < -0.4 is 10.6 Å². The lowest BCUT2D eigenvalue weighted by Gasteiger charge is -2.43. The average molecular weight is 341 g/mol. The van der Waals surface area contributed by atoms with Gasteiger partial charge in [-0.25, -0.2) is 0 Å². The van der Waals surface area contributed by atoms with Crippen molar-refractivity contribution in [3.8, 4) is 0 Å². The third kappa shape index (κ3) is 3.58. The molecule has 4 rings (SSSR count). The lowest BCUT2D eigenvalue weighted by atomic mass is 9.71. The van der Waals surface area contributed by atoms with Gasteiger partial charge in [-0.1, -0.05) is 18.2 Å². The van der Waals surface area contributed by atoms with Crippen molar-refractivity contribution in [1.82, 2.24) is 15.6 Å². The highest BCUT2D eigenvalue weighted by Gasteiger charge is 2.39. The van der Waals surface area contributed by atoms with Gasteiger partial charge in [0.2, 0.25) is 5.91 Å². The number of para-hydroxylation sites is 1. The van der Waals surface area contributed by atoms with Crippen LogP contribution in [0, 0.1) is 11.8 Å². The number of aromatic nitrogens is 1. The van der Waals surface area contributed by atoms with Crippen molar-refractivity contribution in [2.24, 2.45) is 11.8 Å². The second-order valence-electron chi connectivity index (χ2n) is 7.60. The lowest BCUT2D eigenvalue weighted by molar-refractivity contribution is -0.123. The fourth-order valence-corrected chi connectivity index (χ4v) is 4.43. The Balaban J connectivity index is 1.44. The quantitative estimate of drug-likeness (QED) is 0.671. The number of aromatic amines is 1. The number of piperidine rings is 1. The van der Waals surface area contributed by atoms with Gasteiger partial charge in [-0.2, -0.15) is 0 Å². The van der Waals surface area contributed by atoms with Crippen LogP contribution in [-0.2, 0) is 11.2 Å². The van der Waals surface area contributed by atoms with Crippen LogP contribution in [0.15, 0.2) is 30.5 Å². The van der Waals surface area contributed by atoms with Gasteiger partial charge in [0, 0.05) is 23.1 Å². The predicted octanol–water partition coefficient (Wildman–Crippen LogP) is 1.97. The van der Waals surface area contributed by atoms with E-state index in [0.717, 1.165) is 55.2 Å². The summed E-state index contributed by atoms with van der Waals surface area (Å²) in [6.45, 7) is 2.05. The molecule has 1 aliphatic carbocycles. The van der Waals surface area contributed by atoms with E-state index in [4.69, 9.17) is 0 Å². The molecular weight excluding hydrogens is 314 g/mol. The van der Waals surface area contributed by atoms with E-state index in [1.807, 2.05) is 24.4 Å². The molecule has 25 heavy (non-hydrogen) atoms. The molecule has 2 heterocycles. The Labute approximate surface area is 148 Å². The van der Waals surface area contributed by atoms with E-state index >= 15 is 0 Å². The number of benzene rings is 1. The molecule has 1 aromatic heterocycles. The van der Waals surface area contributed by atoms with Crippen LogP contribution in [0.25, 0.3) is 10.9 Å². The molecule has 0 bridgehead atoms. The molecular formula is C20H27N3O2. The second kappa shape index (κ2) is 7.18. The first-order chi connectivity index (χ1) is 12.2. The summed E-state index contributed by atoms with van der Waals surface area (Å²) in [5.41, 5.74) is 2.12. The topological polar surface area (TPSA) is 77.2 Å². The highest BCUT2D eigenvalue weighted by atomic mass is 16.3. The molecule has 134 valence electrons. The minimum absolute atomic E-state index is 0.0923. The number of carbonyl (C=O) groups is 1. The zero-order valence-electron chi connectivity index (χ0n) is 14.5. The van der Waals surface area contributed by atoms with Crippen molar-refractivity contribution >= 4 is 16.8 Å². The van der Waals surface area contributed by atoms with E-state index in [1.54, 1.807) is 0 Å². The number of nitrogens with one attached hydrogen (secondary N) is 3. The Bertz CT molecular complexity index is 729. The van der Waals surface area contributed by atoms with Crippen LogP contribution in [0.2, 0.25) is 0 Å². The number of rotatable bonds is 5. The normalized spacial score (nSPS) is 25.5. The molecule has 0 radical (unpaired) electrons. The number of carbonyl (C=O) groups excluding carboxylic acids is 1. The first-order valence-electron chi connectivity index (χ1n) is 9.44. The number of aliphatic hydroxyl groups excluding tert-OH is 1. The van der Waals surface area contributed by atoms with Gasteiger partial charge in [0.1, 0.15) is 0 Å². The smallest absolute Gasteiger partial charge is 0.224 e. The zero-order valence-corrected chi connectivity index (χ0v) is 14.5. The number of amides is 1. The van der Waals surface area contributed by atoms with E-state index < -0.39 is 0 Å². The van der Waals surface area contributed by atoms with Gasteiger partial charge < -0.3 is 20.7 Å². The molecule has 1 aliphatic heterocycles. The van der Waals surface area contributed by atoms with Crippen molar-refractivity contribution < 1.29 is 9.90 Å². The van der Waals surface area contributed by atoms with E-state index in [1.165, 1.54) is 0 Å². The van der Waals surface area contributed by atoms with Crippen LogP contribution in [-0.4, -0.2) is 41.2 Å². The number of hydrogen-bond acceptors (Lipinski definition) is 3. The van der Waals surface area contributed by atoms with Crippen LogP contribution in [0.5, 0.6) is 0 Å². The summed E-state index contributed by atoms with van der Waals surface area (Å²) in [5, 5.41) is 17.5. The van der Waals surface area contributed by atoms with Crippen molar-refractivity contribution in [3.05, 3.63) is 36.0 Å². The Morgan fingerprint density at radius 2 is 1.96 bits per heavy atom. The monoisotopic (exact) mass is 341 g/mol. The highest BCUT2D eigenvalue weighted by Crippen LogP contribution is 2.35. The lowest BCUT2D eigenvalue weighted by Crippen LogP contribution is -2.53. The summed E-state index contributed by atoms with van der Waals surface area (Å²) < 4.78 is 0. The van der Waals surface area contributed by atoms with Gasteiger partial charge in [0.05, 0.1) is 12.5 Å². The molecule has 4 N–H and O–H groups in total. The summed E-state index contributed by atoms with van der Waals surface area (Å²) in [6, 6.07) is 8.29. The SMILES string of the molecule is O=C(Cc1c[nH]c2ccccc12)NC(C1CCNCC1)C1CC(O)C1. The molecule has 2 aliphatic rings. The summed E-state index contributed by atoms with van der Waals surface area (Å²) in [5.74, 6) is 1.03. The molecule has 1 aromatic carbocycles. The average Bonchev–Trinajstić information content (AvgIpc) is 3.01. The molecule has 2 aromatic rings. The summed E-state index contributed by atoms with van der Waals surface area (Å²) in [4.78, 5) is 16.0. The van der Waals surface area contributed by atoms with E-state index in [9.17, 15) is 9.90 Å². The van der Waals surface area contributed by atoms with Crippen molar-refractivity contribution in [2.75, 3.05) is 13.1 Å². The van der Waals surface area contributed by atoms with Gasteiger partial charge in [-0.05, 0) is 62.2 Å². The molecule has 1 saturated carbocycles. The molecule has 2 fully saturated rings. The number of hydrogen-bond donors (Lipinski definition) is 4. The third-order valence-corrected chi connectivity index (χ3v) is 5.90. The first-order valence-corrected chi connectivity index (χ1v) is 9.44. The first kappa shape index (κ1) is 16.6. The van der Waals surface area contributed by atoms with Crippen LogP contribution in [0.4, 0.5) is 0 Å². The number of aliphatic hydroxyl groups is 1. The fraction of sp³-hybridized carbons (Fsp3) is 0.550. The van der Waals surface area contributed by atoms with Crippen LogP contribution >= 0.6 is 0 Å². The molecule has 1 unspecified atom stereocenters. The summed E-state index contributed by atoms with van der Waals surface area (Å²) >= 11 is 0. The van der Waals surface area contributed by atoms with Crippen LogP contribution in [0.1, 0.15) is 31.2 Å². The molecule has 0 spiro atoms. The van der Waals surface area contributed by atoms with E-state index in [0.29, 0.717) is 18.3 Å². The van der Waals surface area contributed by atoms with Gasteiger partial charge in [-0.15, -0.1) is 0 Å². The van der Waals surface area contributed by atoms with Gasteiger partial charge in [0.25, 0.3) is 0 Å². The largest absolute Gasteiger partial charge is 0.393 e. The zero-order chi connectivity index (χ0) is 17.2. The number of fused-ring (bicyclic) bond motifs is 1. The van der Waals surface area contributed by atoms with Crippen LogP contribution in [0.3, 0.4) is 0 Å². The summed E-state index contributed by atoms with van der Waals surface area (Å²) in [7, 11) is 0. The molecule has 5 nitrogen and oxygen atoms in total. The Hall–Kier alpha value is -1.85. The van der Waals surface area contributed by atoms with E-state index in [2.05, 4.69) is 21.7 Å². The maximum Gasteiger partial charge on any atom is 0.224 e. The van der Waals surface area contributed by atoms with Gasteiger partial charge >= 0.3 is 0 Å². The maximum absolute atomic E-state index is 12.7. The Morgan fingerprint density at radius 1 is 1.20 bits per heavy atom. The third-order valence-electron chi connectivity index (χ3n) is 5.90. The molecule has 1 amide bonds. The number of H-pyrrole nitrogens is 1. The molecule has 5 heteroatoms.